The van der Waals surface area contributed by atoms with E-state index in [1.807, 2.05) is 31.2 Å². The van der Waals surface area contributed by atoms with Crippen molar-refractivity contribution < 1.29 is 14.7 Å². The predicted molar refractivity (Wildman–Crippen MR) is 78.0 cm³/mol. The number of hydrogen-bond acceptors (Lipinski definition) is 3. The first-order chi connectivity index (χ1) is 10.1. The van der Waals surface area contributed by atoms with Crippen molar-refractivity contribution in [2.24, 2.45) is 0 Å². The molecule has 0 saturated heterocycles. The van der Waals surface area contributed by atoms with Crippen LogP contribution in [0.15, 0.2) is 48.7 Å². The quantitative estimate of drug-likeness (QED) is 0.877. The largest absolute Gasteiger partial charge is 0.480 e. The van der Waals surface area contributed by atoms with Gasteiger partial charge in [-0.15, -0.1) is 0 Å². The van der Waals surface area contributed by atoms with Crippen LogP contribution in [-0.4, -0.2) is 28.0 Å². The van der Waals surface area contributed by atoms with Crippen LogP contribution in [0.5, 0.6) is 0 Å². The molecular formula is C16H16N2O3. The summed E-state index contributed by atoms with van der Waals surface area (Å²) in [5.74, 6) is -1.56. The number of hydrogen-bond donors (Lipinski definition) is 2. The van der Waals surface area contributed by atoms with Gasteiger partial charge in [-0.3, -0.25) is 9.78 Å². The summed E-state index contributed by atoms with van der Waals surface area (Å²) in [6, 6.07) is 11.5. The van der Waals surface area contributed by atoms with Gasteiger partial charge in [0.1, 0.15) is 11.7 Å². The Morgan fingerprint density at radius 3 is 2.67 bits per heavy atom. The fraction of sp³-hybridized carbons (Fsp3) is 0.188. The molecule has 0 aliphatic rings. The zero-order chi connectivity index (χ0) is 15.2. The van der Waals surface area contributed by atoms with Crippen molar-refractivity contribution in [3.05, 3.63) is 65.5 Å². The lowest BCUT2D eigenvalue weighted by Gasteiger charge is -2.14. The molecule has 0 aliphatic carbocycles. The normalized spacial score (nSPS) is 11.7. The smallest absolute Gasteiger partial charge is 0.326 e. The molecule has 5 nitrogen and oxygen atoms in total. The minimum Gasteiger partial charge on any atom is -0.480 e. The molecule has 108 valence electrons. The third-order valence-electron chi connectivity index (χ3n) is 3.02. The minimum atomic E-state index is -1.07. The predicted octanol–water partition coefficient (Wildman–Crippen LogP) is 1.82. The van der Waals surface area contributed by atoms with E-state index >= 15 is 0 Å². The molecule has 2 rings (SSSR count). The van der Waals surface area contributed by atoms with Crippen LogP contribution in [0.3, 0.4) is 0 Å². The fourth-order valence-corrected chi connectivity index (χ4v) is 2.00. The number of benzene rings is 1. The summed E-state index contributed by atoms with van der Waals surface area (Å²) >= 11 is 0. The maximum atomic E-state index is 12.0. The maximum absolute atomic E-state index is 12.0. The highest BCUT2D eigenvalue weighted by Gasteiger charge is 2.21. The molecule has 5 heteroatoms. The molecule has 0 spiro atoms. The molecule has 1 aromatic carbocycles. The Labute approximate surface area is 122 Å². The zero-order valence-corrected chi connectivity index (χ0v) is 11.6. The molecule has 1 aromatic heterocycles. The van der Waals surface area contributed by atoms with Crippen molar-refractivity contribution in [3.8, 4) is 0 Å². The monoisotopic (exact) mass is 284 g/mol. The van der Waals surface area contributed by atoms with E-state index in [2.05, 4.69) is 10.3 Å². The van der Waals surface area contributed by atoms with Gasteiger partial charge in [0, 0.05) is 12.6 Å². The van der Waals surface area contributed by atoms with Crippen LogP contribution in [0.4, 0.5) is 0 Å². The Balaban J connectivity index is 2.09. The van der Waals surface area contributed by atoms with Gasteiger partial charge in [-0.25, -0.2) is 4.79 Å². The second-order valence-electron chi connectivity index (χ2n) is 4.77. The first-order valence-electron chi connectivity index (χ1n) is 6.56. The SMILES string of the molecule is Cc1cccc(C[C@H](NC(=O)c2ccccn2)C(=O)O)c1. The first-order valence-corrected chi connectivity index (χ1v) is 6.56. The van der Waals surface area contributed by atoms with Crippen LogP contribution in [0.2, 0.25) is 0 Å². The van der Waals surface area contributed by atoms with E-state index in [1.165, 1.54) is 6.20 Å². The molecule has 0 aliphatic heterocycles. The van der Waals surface area contributed by atoms with Crippen LogP contribution in [0.1, 0.15) is 21.6 Å². The molecule has 1 atom stereocenters. The first kappa shape index (κ1) is 14.7. The summed E-state index contributed by atoms with van der Waals surface area (Å²) in [5.41, 5.74) is 2.12. The van der Waals surface area contributed by atoms with Crippen LogP contribution >= 0.6 is 0 Å². The number of carbonyl (C=O) groups excluding carboxylic acids is 1. The lowest BCUT2D eigenvalue weighted by molar-refractivity contribution is -0.139. The Bertz CT molecular complexity index is 641. The number of aliphatic carboxylic acids is 1. The second-order valence-corrected chi connectivity index (χ2v) is 4.77. The van der Waals surface area contributed by atoms with Gasteiger partial charge < -0.3 is 10.4 Å². The van der Waals surface area contributed by atoms with Crippen molar-refractivity contribution >= 4 is 11.9 Å². The van der Waals surface area contributed by atoms with Crippen molar-refractivity contribution in [1.29, 1.82) is 0 Å². The van der Waals surface area contributed by atoms with Gasteiger partial charge in [0.05, 0.1) is 0 Å². The van der Waals surface area contributed by atoms with Crippen LogP contribution in [-0.2, 0) is 11.2 Å². The lowest BCUT2D eigenvalue weighted by Crippen LogP contribution is -2.42. The highest BCUT2D eigenvalue weighted by atomic mass is 16.4. The van der Waals surface area contributed by atoms with Crippen molar-refractivity contribution in [1.82, 2.24) is 10.3 Å². The van der Waals surface area contributed by atoms with E-state index in [0.717, 1.165) is 11.1 Å². The van der Waals surface area contributed by atoms with E-state index in [9.17, 15) is 14.7 Å². The molecule has 1 amide bonds. The van der Waals surface area contributed by atoms with Gasteiger partial charge in [-0.1, -0.05) is 35.9 Å². The number of carboxylic acid groups (broad SMARTS) is 1. The van der Waals surface area contributed by atoms with Crippen LogP contribution in [0, 0.1) is 6.92 Å². The molecule has 2 aromatic rings. The van der Waals surface area contributed by atoms with Crippen LogP contribution < -0.4 is 5.32 Å². The molecule has 0 unspecified atom stereocenters. The second kappa shape index (κ2) is 6.65. The average molecular weight is 284 g/mol. The number of nitrogens with one attached hydrogen (secondary N) is 1. The lowest BCUT2D eigenvalue weighted by atomic mass is 10.0. The zero-order valence-electron chi connectivity index (χ0n) is 11.6. The number of aromatic nitrogens is 1. The number of nitrogens with zero attached hydrogens (tertiary/aromatic N) is 1. The summed E-state index contributed by atoms with van der Waals surface area (Å²) in [7, 11) is 0. The third kappa shape index (κ3) is 4.14. The number of aryl methyl sites for hydroxylation is 1. The topological polar surface area (TPSA) is 79.3 Å². The van der Waals surface area contributed by atoms with E-state index in [4.69, 9.17) is 0 Å². The number of rotatable bonds is 5. The maximum Gasteiger partial charge on any atom is 0.326 e. The minimum absolute atomic E-state index is 0.202. The van der Waals surface area contributed by atoms with Crippen LogP contribution in [0.25, 0.3) is 0 Å². The summed E-state index contributed by atoms with van der Waals surface area (Å²) in [4.78, 5) is 27.2. The van der Waals surface area contributed by atoms with E-state index in [1.54, 1.807) is 18.2 Å². The van der Waals surface area contributed by atoms with Gasteiger partial charge in [-0.05, 0) is 24.6 Å². The van der Waals surface area contributed by atoms with E-state index < -0.39 is 17.9 Å². The third-order valence-corrected chi connectivity index (χ3v) is 3.02. The van der Waals surface area contributed by atoms with Gasteiger partial charge >= 0.3 is 5.97 Å². The molecule has 0 saturated carbocycles. The Morgan fingerprint density at radius 2 is 2.05 bits per heavy atom. The van der Waals surface area contributed by atoms with E-state index in [-0.39, 0.29) is 12.1 Å². The van der Waals surface area contributed by atoms with Gasteiger partial charge in [0.2, 0.25) is 0 Å². The molecule has 0 bridgehead atoms. The molecule has 0 radical (unpaired) electrons. The molecule has 21 heavy (non-hydrogen) atoms. The van der Waals surface area contributed by atoms with Gasteiger partial charge in [0.15, 0.2) is 0 Å². The summed E-state index contributed by atoms with van der Waals surface area (Å²) in [6.07, 6.45) is 1.72. The van der Waals surface area contributed by atoms with Crippen molar-refractivity contribution in [3.63, 3.8) is 0 Å². The average Bonchev–Trinajstić information content (AvgIpc) is 2.47. The number of carboxylic acids is 1. The molecular weight excluding hydrogens is 268 g/mol. The van der Waals surface area contributed by atoms with Gasteiger partial charge in [0.25, 0.3) is 5.91 Å². The molecule has 0 fully saturated rings. The Morgan fingerprint density at radius 1 is 1.24 bits per heavy atom. The number of carbonyl (C=O) groups is 2. The standard InChI is InChI=1S/C16H16N2O3/c1-11-5-4-6-12(9-11)10-14(16(20)21)18-15(19)13-7-2-3-8-17-13/h2-9,14H,10H2,1H3,(H,18,19)(H,20,21)/t14-/m0/s1. The number of pyridine rings is 1. The Kier molecular flexibility index (Phi) is 4.66. The highest BCUT2D eigenvalue weighted by Crippen LogP contribution is 2.08. The molecule has 2 N–H and O–H groups in total. The van der Waals surface area contributed by atoms with Gasteiger partial charge in [-0.2, -0.15) is 0 Å². The van der Waals surface area contributed by atoms with Crippen molar-refractivity contribution in [2.75, 3.05) is 0 Å². The van der Waals surface area contributed by atoms with Crippen molar-refractivity contribution in [2.45, 2.75) is 19.4 Å². The fourth-order valence-electron chi connectivity index (χ4n) is 2.00. The number of amides is 1. The highest BCUT2D eigenvalue weighted by molar-refractivity contribution is 5.94. The Hall–Kier alpha value is -2.69. The van der Waals surface area contributed by atoms with E-state index in [0.29, 0.717) is 0 Å². The summed E-state index contributed by atoms with van der Waals surface area (Å²) in [6.45, 7) is 1.94. The molecule has 1 heterocycles. The summed E-state index contributed by atoms with van der Waals surface area (Å²) < 4.78 is 0. The summed E-state index contributed by atoms with van der Waals surface area (Å²) in [5, 5.41) is 11.8.